The highest BCUT2D eigenvalue weighted by Gasteiger charge is 2.22. The van der Waals surface area contributed by atoms with Crippen LogP contribution in [0.5, 0.6) is 5.75 Å². The van der Waals surface area contributed by atoms with Crippen LogP contribution in [0.1, 0.15) is 12.0 Å². The van der Waals surface area contributed by atoms with Crippen LogP contribution in [-0.4, -0.2) is 26.1 Å². The molecule has 26 heavy (non-hydrogen) atoms. The van der Waals surface area contributed by atoms with E-state index in [1.807, 2.05) is 42.5 Å². The molecule has 0 aromatic heterocycles. The largest absolute Gasteiger partial charge is 0.495 e. The second-order valence-electron chi connectivity index (χ2n) is 6.57. The van der Waals surface area contributed by atoms with Crippen LogP contribution in [0.3, 0.4) is 0 Å². The van der Waals surface area contributed by atoms with Crippen molar-refractivity contribution in [1.82, 2.24) is 0 Å². The van der Waals surface area contributed by atoms with Crippen LogP contribution < -0.4 is 15.0 Å². The molecule has 0 bridgehead atoms. The number of carbonyl (C=O) groups is 1. The molecular formula is C22H22N2O2. The van der Waals surface area contributed by atoms with Gasteiger partial charge < -0.3 is 15.0 Å². The van der Waals surface area contributed by atoms with Gasteiger partial charge in [0, 0.05) is 17.6 Å². The van der Waals surface area contributed by atoms with Crippen molar-refractivity contribution in [2.45, 2.75) is 12.8 Å². The summed E-state index contributed by atoms with van der Waals surface area (Å²) in [5, 5.41) is 5.26. The van der Waals surface area contributed by atoms with Crippen molar-refractivity contribution in [3.63, 3.8) is 0 Å². The predicted molar refractivity (Wildman–Crippen MR) is 106 cm³/mol. The number of aryl methyl sites for hydroxylation is 1. The zero-order chi connectivity index (χ0) is 17.9. The smallest absolute Gasteiger partial charge is 0.243 e. The van der Waals surface area contributed by atoms with Gasteiger partial charge in [-0.3, -0.25) is 4.79 Å². The fourth-order valence-electron chi connectivity index (χ4n) is 3.72. The van der Waals surface area contributed by atoms with Crippen molar-refractivity contribution in [2.75, 3.05) is 30.4 Å². The van der Waals surface area contributed by atoms with Gasteiger partial charge in [-0.05, 0) is 35.9 Å². The Bertz CT molecular complexity index is 932. The monoisotopic (exact) mass is 346 g/mol. The van der Waals surface area contributed by atoms with Gasteiger partial charge in [0.15, 0.2) is 0 Å². The van der Waals surface area contributed by atoms with E-state index in [-0.39, 0.29) is 5.91 Å². The summed E-state index contributed by atoms with van der Waals surface area (Å²) >= 11 is 0. The number of rotatable bonds is 4. The van der Waals surface area contributed by atoms with E-state index in [2.05, 4.69) is 28.4 Å². The number of carbonyl (C=O) groups excluding carboxylic acids is 1. The van der Waals surface area contributed by atoms with E-state index in [0.717, 1.165) is 47.3 Å². The van der Waals surface area contributed by atoms with Crippen LogP contribution in [0.15, 0.2) is 60.7 Å². The lowest BCUT2D eigenvalue weighted by Crippen LogP contribution is -2.37. The molecule has 0 unspecified atom stereocenters. The number of para-hydroxylation sites is 1. The molecule has 0 radical (unpaired) electrons. The quantitative estimate of drug-likeness (QED) is 0.768. The van der Waals surface area contributed by atoms with E-state index in [4.69, 9.17) is 4.74 Å². The second-order valence-corrected chi connectivity index (χ2v) is 6.57. The number of nitrogens with one attached hydrogen (secondary N) is 1. The molecule has 132 valence electrons. The lowest BCUT2D eigenvalue weighted by Gasteiger charge is -2.32. The number of benzene rings is 3. The van der Waals surface area contributed by atoms with Gasteiger partial charge >= 0.3 is 0 Å². The van der Waals surface area contributed by atoms with Gasteiger partial charge in [-0.25, -0.2) is 0 Å². The lowest BCUT2D eigenvalue weighted by atomic mass is 10.0. The Labute approximate surface area is 153 Å². The fraction of sp³-hybridized carbons (Fsp3) is 0.227. The van der Waals surface area contributed by atoms with Crippen LogP contribution in [0, 0.1) is 0 Å². The molecule has 1 amide bonds. The molecule has 0 aliphatic carbocycles. The van der Waals surface area contributed by atoms with E-state index >= 15 is 0 Å². The summed E-state index contributed by atoms with van der Waals surface area (Å²) in [6.45, 7) is 1.17. The first-order valence-corrected chi connectivity index (χ1v) is 8.95. The SMILES string of the molecule is COc1cccc2c1N(CC(=O)Nc1cccc3ccccc13)CCC2. The molecule has 1 aliphatic rings. The van der Waals surface area contributed by atoms with Gasteiger partial charge in [0.05, 0.1) is 19.3 Å². The summed E-state index contributed by atoms with van der Waals surface area (Å²) in [5.41, 5.74) is 3.15. The van der Waals surface area contributed by atoms with E-state index in [0.29, 0.717) is 6.54 Å². The molecule has 0 spiro atoms. The van der Waals surface area contributed by atoms with Crippen molar-refractivity contribution in [3.8, 4) is 5.75 Å². The van der Waals surface area contributed by atoms with Gasteiger partial charge in [0.1, 0.15) is 5.75 Å². The summed E-state index contributed by atoms with van der Waals surface area (Å²) in [6.07, 6.45) is 2.07. The average Bonchev–Trinajstić information content (AvgIpc) is 2.68. The summed E-state index contributed by atoms with van der Waals surface area (Å²) in [4.78, 5) is 14.9. The summed E-state index contributed by atoms with van der Waals surface area (Å²) in [6, 6.07) is 20.1. The highest BCUT2D eigenvalue weighted by atomic mass is 16.5. The molecule has 0 fully saturated rings. The number of methoxy groups -OCH3 is 1. The Morgan fingerprint density at radius 2 is 1.88 bits per heavy atom. The van der Waals surface area contributed by atoms with E-state index in [1.165, 1.54) is 5.56 Å². The standard InChI is InChI=1S/C22H22N2O2/c1-26-20-13-5-9-17-10-6-14-24(22(17)20)15-21(25)23-19-12-4-8-16-7-2-3-11-18(16)19/h2-5,7-9,11-13H,6,10,14-15H2,1H3,(H,23,25). The number of hydrogen-bond donors (Lipinski definition) is 1. The molecule has 0 saturated heterocycles. The van der Waals surface area contributed by atoms with Crippen LogP contribution >= 0.6 is 0 Å². The third kappa shape index (κ3) is 3.10. The first-order chi connectivity index (χ1) is 12.8. The van der Waals surface area contributed by atoms with Crippen molar-refractivity contribution in [3.05, 3.63) is 66.2 Å². The molecular weight excluding hydrogens is 324 g/mol. The van der Waals surface area contributed by atoms with Crippen molar-refractivity contribution >= 4 is 28.1 Å². The highest BCUT2D eigenvalue weighted by molar-refractivity contribution is 6.03. The van der Waals surface area contributed by atoms with Crippen LogP contribution in [-0.2, 0) is 11.2 Å². The molecule has 0 saturated carbocycles. The fourth-order valence-corrected chi connectivity index (χ4v) is 3.72. The maximum Gasteiger partial charge on any atom is 0.243 e. The molecule has 3 aromatic carbocycles. The van der Waals surface area contributed by atoms with Gasteiger partial charge in [-0.2, -0.15) is 0 Å². The number of fused-ring (bicyclic) bond motifs is 2. The van der Waals surface area contributed by atoms with Crippen molar-refractivity contribution < 1.29 is 9.53 Å². The van der Waals surface area contributed by atoms with Gasteiger partial charge in [-0.1, -0.05) is 48.5 Å². The number of amides is 1. The van der Waals surface area contributed by atoms with E-state index < -0.39 is 0 Å². The van der Waals surface area contributed by atoms with Crippen LogP contribution in [0.25, 0.3) is 10.8 Å². The first kappa shape index (κ1) is 16.5. The average molecular weight is 346 g/mol. The van der Waals surface area contributed by atoms with E-state index in [9.17, 15) is 4.79 Å². The number of ether oxygens (including phenoxy) is 1. The topological polar surface area (TPSA) is 41.6 Å². The van der Waals surface area contributed by atoms with Gasteiger partial charge in [-0.15, -0.1) is 0 Å². The number of anilines is 2. The first-order valence-electron chi connectivity index (χ1n) is 8.95. The number of nitrogens with zero attached hydrogens (tertiary/aromatic N) is 1. The maximum atomic E-state index is 12.7. The number of hydrogen-bond acceptors (Lipinski definition) is 3. The molecule has 1 N–H and O–H groups in total. The third-order valence-corrected chi connectivity index (χ3v) is 4.89. The minimum atomic E-state index is -0.0138. The molecule has 3 aromatic rings. The third-order valence-electron chi connectivity index (χ3n) is 4.89. The normalized spacial score (nSPS) is 13.3. The van der Waals surface area contributed by atoms with Gasteiger partial charge in [0.25, 0.3) is 0 Å². The van der Waals surface area contributed by atoms with Gasteiger partial charge in [0.2, 0.25) is 5.91 Å². The Hall–Kier alpha value is -3.01. The molecule has 0 atom stereocenters. The second kappa shape index (κ2) is 7.08. The minimum absolute atomic E-state index is 0.0138. The van der Waals surface area contributed by atoms with Crippen LogP contribution in [0.4, 0.5) is 11.4 Å². The van der Waals surface area contributed by atoms with Crippen molar-refractivity contribution in [1.29, 1.82) is 0 Å². The molecule has 4 rings (SSSR count). The highest BCUT2D eigenvalue weighted by Crippen LogP contribution is 2.36. The lowest BCUT2D eigenvalue weighted by molar-refractivity contribution is -0.115. The zero-order valence-corrected chi connectivity index (χ0v) is 14.9. The summed E-state index contributed by atoms with van der Waals surface area (Å²) in [7, 11) is 1.68. The molecule has 1 heterocycles. The molecule has 4 heteroatoms. The summed E-state index contributed by atoms with van der Waals surface area (Å²) < 4.78 is 5.53. The molecule has 4 nitrogen and oxygen atoms in total. The van der Waals surface area contributed by atoms with Crippen LogP contribution in [0.2, 0.25) is 0 Å². The van der Waals surface area contributed by atoms with Crippen molar-refractivity contribution in [2.24, 2.45) is 0 Å². The maximum absolute atomic E-state index is 12.7. The Morgan fingerprint density at radius 3 is 2.77 bits per heavy atom. The minimum Gasteiger partial charge on any atom is -0.495 e. The summed E-state index contributed by atoms with van der Waals surface area (Å²) in [5.74, 6) is 0.820. The Kier molecular flexibility index (Phi) is 4.48. The van der Waals surface area contributed by atoms with E-state index in [1.54, 1.807) is 7.11 Å². The Balaban J connectivity index is 1.56. The molecule has 1 aliphatic heterocycles. The zero-order valence-electron chi connectivity index (χ0n) is 14.9. The predicted octanol–water partition coefficient (Wildman–Crippen LogP) is 4.24. The Morgan fingerprint density at radius 1 is 1.08 bits per heavy atom.